The summed E-state index contributed by atoms with van der Waals surface area (Å²) in [6, 6.07) is 4.70. The van der Waals surface area contributed by atoms with Gasteiger partial charge in [-0.2, -0.15) is 0 Å². The monoisotopic (exact) mass is 538 g/mol. The van der Waals surface area contributed by atoms with Crippen molar-refractivity contribution in [2.75, 3.05) is 13.7 Å². The summed E-state index contributed by atoms with van der Waals surface area (Å²) in [4.78, 5) is 29.0. The van der Waals surface area contributed by atoms with Gasteiger partial charge in [-0.1, -0.05) is 51.0 Å². The molecule has 2 bridgehead atoms. The van der Waals surface area contributed by atoms with Crippen molar-refractivity contribution < 1.29 is 27.9 Å². The minimum Gasteiger partial charge on any atom is -0.466 e. The van der Waals surface area contributed by atoms with Gasteiger partial charge in [-0.25, -0.2) is 14.2 Å². The van der Waals surface area contributed by atoms with E-state index in [2.05, 4.69) is 15.0 Å². The van der Waals surface area contributed by atoms with Crippen LogP contribution in [-0.4, -0.2) is 42.7 Å². The Bertz CT molecular complexity index is 1170. The van der Waals surface area contributed by atoms with Crippen LogP contribution in [0.15, 0.2) is 35.0 Å². The van der Waals surface area contributed by atoms with Crippen LogP contribution in [0.25, 0.3) is 6.08 Å². The van der Waals surface area contributed by atoms with E-state index < -0.39 is 11.9 Å². The Labute approximate surface area is 229 Å². The number of carbonyl (C=O) groups excluding carboxylic acids is 2. The lowest BCUT2D eigenvalue weighted by atomic mass is 9.76. The van der Waals surface area contributed by atoms with Gasteiger partial charge in [-0.05, 0) is 55.4 Å². The molecule has 1 amide bonds. The van der Waals surface area contributed by atoms with Crippen LogP contribution in [0, 0.1) is 17.7 Å². The summed E-state index contributed by atoms with van der Waals surface area (Å²) in [6.45, 7) is 0.598. The second-order valence-electron chi connectivity index (χ2n) is 11.2. The Morgan fingerprint density at radius 2 is 2.03 bits per heavy atom. The van der Waals surface area contributed by atoms with Crippen molar-refractivity contribution in [1.29, 1.82) is 0 Å². The minimum atomic E-state index is -0.510. The topological polar surface area (TPSA) is 90.7 Å². The predicted octanol–water partition coefficient (Wildman–Crippen LogP) is 6.18. The first kappa shape index (κ1) is 27.6. The molecule has 39 heavy (non-hydrogen) atoms. The molecule has 3 fully saturated rings. The molecular weight excluding hydrogens is 499 g/mol. The predicted molar refractivity (Wildman–Crippen MR) is 145 cm³/mol. The van der Waals surface area contributed by atoms with Crippen LogP contribution in [0.1, 0.15) is 104 Å². The fourth-order valence-electron chi connectivity index (χ4n) is 6.57. The largest absolute Gasteiger partial charge is 0.466 e. The van der Waals surface area contributed by atoms with Gasteiger partial charge in [0, 0.05) is 24.1 Å². The zero-order valence-corrected chi connectivity index (χ0v) is 22.7. The molecule has 0 spiro atoms. The van der Waals surface area contributed by atoms with Gasteiger partial charge >= 0.3 is 5.97 Å². The maximum atomic E-state index is 15.3. The summed E-state index contributed by atoms with van der Waals surface area (Å²) in [6.07, 6.45) is 17.1. The van der Waals surface area contributed by atoms with Crippen LogP contribution in [0.3, 0.4) is 0 Å². The van der Waals surface area contributed by atoms with Crippen molar-refractivity contribution in [2.24, 2.45) is 11.8 Å². The van der Waals surface area contributed by atoms with Gasteiger partial charge < -0.3 is 19.2 Å². The van der Waals surface area contributed by atoms with Crippen LogP contribution in [0.5, 0.6) is 0 Å². The molecule has 1 N–H and O–H groups in total. The lowest BCUT2D eigenvalue weighted by Crippen LogP contribution is -2.27. The molecule has 2 aliphatic heterocycles. The number of fused-ring (bicyclic) bond motifs is 2. The lowest BCUT2D eigenvalue weighted by molar-refractivity contribution is -0.134. The highest BCUT2D eigenvalue weighted by Gasteiger charge is 2.47. The summed E-state index contributed by atoms with van der Waals surface area (Å²) < 4.78 is 31.9. The average molecular weight is 539 g/mol. The molecule has 3 aliphatic rings. The number of nitrogens with one attached hydrogen (secondary N) is 1. The van der Waals surface area contributed by atoms with E-state index in [1.807, 2.05) is 0 Å². The van der Waals surface area contributed by atoms with E-state index in [1.54, 1.807) is 18.2 Å². The summed E-state index contributed by atoms with van der Waals surface area (Å²) in [5, 5.41) is 2.97. The second kappa shape index (κ2) is 12.9. The van der Waals surface area contributed by atoms with Crippen LogP contribution in [0.2, 0.25) is 0 Å². The molecule has 2 aromatic rings. The first-order valence-electron chi connectivity index (χ1n) is 14.5. The van der Waals surface area contributed by atoms with Crippen molar-refractivity contribution >= 4 is 18.0 Å². The fraction of sp³-hybridized carbons (Fsp3) is 0.581. The summed E-state index contributed by atoms with van der Waals surface area (Å²) in [5.41, 5.74) is 1.27. The second-order valence-corrected chi connectivity index (χ2v) is 11.2. The van der Waals surface area contributed by atoms with Gasteiger partial charge in [0.05, 0.1) is 25.2 Å². The number of carbonyl (C=O) groups is 2. The molecule has 1 aromatic heterocycles. The number of amides is 1. The molecule has 1 aliphatic carbocycles. The number of unbranched alkanes of at least 4 members (excludes halogenated alkanes) is 1. The zero-order chi connectivity index (χ0) is 27.2. The first-order chi connectivity index (χ1) is 19.0. The number of benzene rings is 1. The van der Waals surface area contributed by atoms with E-state index >= 15 is 4.39 Å². The quantitative estimate of drug-likeness (QED) is 0.209. The molecule has 210 valence electrons. The first-order valence-corrected chi connectivity index (χ1v) is 14.5. The Morgan fingerprint density at radius 1 is 1.18 bits per heavy atom. The molecule has 4 atom stereocenters. The molecule has 7 nitrogen and oxygen atoms in total. The van der Waals surface area contributed by atoms with E-state index in [-0.39, 0.29) is 35.5 Å². The summed E-state index contributed by atoms with van der Waals surface area (Å²) in [7, 11) is 1.31. The number of ether oxygens (including phenoxy) is 2. The van der Waals surface area contributed by atoms with Crippen LogP contribution in [-0.2, 0) is 14.3 Å². The van der Waals surface area contributed by atoms with Crippen LogP contribution < -0.4 is 5.32 Å². The van der Waals surface area contributed by atoms with Gasteiger partial charge in [0.15, 0.2) is 5.69 Å². The lowest BCUT2D eigenvalue weighted by Gasteiger charge is -2.27. The van der Waals surface area contributed by atoms with Crippen molar-refractivity contribution in [3.8, 4) is 0 Å². The minimum absolute atomic E-state index is 0.0120. The number of nitrogens with zero attached hydrogens (tertiary/aromatic N) is 1. The standard InChI is InChI=1S/C31H39FN2O5/c1-37-28(35)15-11-21-10-13-25(32)23(17-21)29(24-18-22-12-14-27(24)39-22)31-34-26(19-38-31)30(36)33-16-6-5-9-20-7-3-2-4-8-20/h10-11,13,15,17,19-20,22,24,27,29H,2-9,12,14,16,18H2,1H3,(H,33,36)/b15-11+/t22?,24-,27?,29?/m0/s1. The van der Waals surface area contributed by atoms with Gasteiger partial charge in [0.25, 0.3) is 5.91 Å². The number of methoxy groups -OCH3 is 1. The Hall–Kier alpha value is -3.00. The van der Waals surface area contributed by atoms with Crippen molar-refractivity contribution in [2.45, 2.75) is 88.8 Å². The van der Waals surface area contributed by atoms with Crippen LogP contribution >= 0.6 is 0 Å². The number of aromatic nitrogens is 1. The molecule has 0 radical (unpaired) electrons. The molecule has 1 aromatic carbocycles. The van der Waals surface area contributed by atoms with E-state index in [4.69, 9.17) is 9.15 Å². The highest BCUT2D eigenvalue weighted by atomic mass is 19.1. The van der Waals surface area contributed by atoms with Gasteiger partial charge in [0.1, 0.15) is 12.1 Å². The fourth-order valence-corrected chi connectivity index (χ4v) is 6.57. The Balaban J connectivity index is 1.28. The maximum absolute atomic E-state index is 15.3. The normalized spacial score (nSPS) is 23.8. The molecular formula is C31H39FN2O5. The Morgan fingerprint density at radius 3 is 2.77 bits per heavy atom. The van der Waals surface area contributed by atoms with E-state index in [0.717, 1.165) is 38.0 Å². The van der Waals surface area contributed by atoms with Crippen LogP contribution in [0.4, 0.5) is 4.39 Å². The average Bonchev–Trinajstić information content (AvgIpc) is 3.72. The summed E-state index contributed by atoms with van der Waals surface area (Å²) in [5.74, 6) is -0.533. The molecule has 8 heteroatoms. The molecule has 1 saturated carbocycles. The summed E-state index contributed by atoms with van der Waals surface area (Å²) >= 11 is 0. The van der Waals surface area contributed by atoms with Crippen molar-refractivity contribution in [3.05, 3.63) is 59.1 Å². The number of oxazole rings is 1. The molecule has 3 heterocycles. The van der Waals surface area contributed by atoms with E-state index in [1.165, 1.54) is 64.0 Å². The number of hydrogen-bond donors (Lipinski definition) is 1. The molecule has 3 unspecified atom stereocenters. The van der Waals surface area contributed by atoms with Gasteiger partial charge in [0.2, 0.25) is 5.89 Å². The third-order valence-corrected chi connectivity index (χ3v) is 8.62. The third kappa shape index (κ3) is 6.78. The van der Waals surface area contributed by atoms with Crippen molar-refractivity contribution in [3.63, 3.8) is 0 Å². The molecule has 2 saturated heterocycles. The Kier molecular flexibility index (Phi) is 9.12. The highest BCUT2D eigenvalue weighted by Crippen LogP contribution is 2.48. The number of hydrogen-bond acceptors (Lipinski definition) is 6. The number of halogens is 1. The van der Waals surface area contributed by atoms with E-state index in [0.29, 0.717) is 23.6 Å². The third-order valence-electron chi connectivity index (χ3n) is 8.62. The number of esters is 1. The van der Waals surface area contributed by atoms with Gasteiger partial charge in [-0.3, -0.25) is 4.79 Å². The van der Waals surface area contributed by atoms with Crippen molar-refractivity contribution in [1.82, 2.24) is 10.3 Å². The zero-order valence-electron chi connectivity index (χ0n) is 22.7. The number of rotatable bonds is 11. The van der Waals surface area contributed by atoms with Gasteiger partial charge in [-0.15, -0.1) is 0 Å². The highest BCUT2D eigenvalue weighted by molar-refractivity contribution is 5.91. The SMILES string of the molecule is COC(=O)/C=C/c1ccc(F)c(C(c2nc(C(=O)NCCCCC3CCCCC3)co2)[C@H]2CC3CCC2O3)c1. The van der Waals surface area contributed by atoms with E-state index in [9.17, 15) is 9.59 Å². The maximum Gasteiger partial charge on any atom is 0.330 e. The smallest absolute Gasteiger partial charge is 0.330 e. The molecule has 5 rings (SSSR count).